The molecule has 0 aromatic heterocycles. The van der Waals surface area contributed by atoms with E-state index in [1.165, 1.54) is 44.1 Å². The van der Waals surface area contributed by atoms with Gasteiger partial charge in [0.25, 0.3) is 5.91 Å². The number of nitrogens with zero attached hydrogens (tertiary/aromatic N) is 1. The Morgan fingerprint density at radius 3 is 2.47 bits per heavy atom. The second-order valence-electron chi connectivity index (χ2n) is 11.0. The Morgan fingerprint density at radius 1 is 1.03 bits per heavy atom. The van der Waals surface area contributed by atoms with E-state index in [-0.39, 0.29) is 5.91 Å². The summed E-state index contributed by atoms with van der Waals surface area (Å²) in [6.07, 6.45) is 10.4. The molecule has 2 heterocycles. The van der Waals surface area contributed by atoms with Crippen LogP contribution in [0.5, 0.6) is 0 Å². The summed E-state index contributed by atoms with van der Waals surface area (Å²) < 4.78 is 0. The minimum absolute atomic E-state index is 0.00147. The zero-order chi connectivity index (χ0) is 25.1. The summed E-state index contributed by atoms with van der Waals surface area (Å²) in [4.78, 5) is 15.5. The van der Waals surface area contributed by atoms with E-state index < -0.39 is 7.12 Å². The van der Waals surface area contributed by atoms with Gasteiger partial charge in [-0.25, -0.2) is 0 Å². The normalized spacial score (nSPS) is 21.6. The van der Waals surface area contributed by atoms with Gasteiger partial charge in [-0.3, -0.25) is 4.79 Å². The van der Waals surface area contributed by atoms with E-state index in [4.69, 9.17) is 5.73 Å². The molecule has 6 nitrogen and oxygen atoms in total. The van der Waals surface area contributed by atoms with Crippen LogP contribution in [0, 0.1) is 5.92 Å². The third-order valence-corrected chi connectivity index (χ3v) is 8.79. The number of nitrogens with two attached hydrogens (primary N) is 1. The molecule has 1 saturated heterocycles. The second kappa shape index (κ2) is 11.5. The Kier molecular flexibility index (Phi) is 8.11. The number of benzene rings is 2. The predicted octanol–water partition coefficient (Wildman–Crippen LogP) is 2.83. The van der Waals surface area contributed by atoms with Crippen molar-refractivity contribution in [1.29, 1.82) is 0 Å². The number of carbonyl (C=O) groups excluding carboxylic acids is 1. The van der Waals surface area contributed by atoms with Crippen molar-refractivity contribution >= 4 is 18.5 Å². The number of fused-ring (bicyclic) bond motifs is 1. The Hall–Kier alpha value is -2.19. The number of hydrogen-bond donors (Lipinski definition) is 4. The van der Waals surface area contributed by atoms with Crippen LogP contribution in [0.2, 0.25) is 0 Å². The SMILES string of the molecule is NCc1cccc(C2CCN(C(=O)c3cc4c(c(B(O)O)c3)CNC(C3CCCCCC3)C4)CC2)c1. The van der Waals surface area contributed by atoms with Gasteiger partial charge in [-0.2, -0.15) is 0 Å². The highest BCUT2D eigenvalue weighted by Crippen LogP contribution is 2.32. The first-order valence-electron chi connectivity index (χ1n) is 13.9. The highest BCUT2D eigenvalue weighted by molar-refractivity contribution is 6.59. The van der Waals surface area contributed by atoms with Crippen molar-refractivity contribution in [2.24, 2.45) is 11.7 Å². The van der Waals surface area contributed by atoms with Gasteiger partial charge in [-0.05, 0) is 83.8 Å². The van der Waals surface area contributed by atoms with Gasteiger partial charge in [0, 0.05) is 37.8 Å². The maximum Gasteiger partial charge on any atom is 0.488 e. The highest BCUT2D eigenvalue weighted by atomic mass is 16.4. The average molecular weight is 489 g/mol. The van der Waals surface area contributed by atoms with Crippen molar-refractivity contribution in [2.75, 3.05) is 13.1 Å². The molecule has 36 heavy (non-hydrogen) atoms. The topological polar surface area (TPSA) is 98.8 Å². The molecule has 2 fully saturated rings. The highest BCUT2D eigenvalue weighted by Gasteiger charge is 2.32. The molecule has 7 heteroatoms. The van der Waals surface area contributed by atoms with Crippen molar-refractivity contribution in [1.82, 2.24) is 10.2 Å². The average Bonchev–Trinajstić information content (AvgIpc) is 3.21. The number of hydrogen-bond acceptors (Lipinski definition) is 5. The van der Waals surface area contributed by atoms with E-state index in [0.717, 1.165) is 36.0 Å². The minimum atomic E-state index is -1.58. The molecule has 2 aliphatic heterocycles. The molecule has 0 bridgehead atoms. The monoisotopic (exact) mass is 489 g/mol. The van der Waals surface area contributed by atoms with Crippen LogP contribution in [0.3, 0.4) is 0 Å². The fourth-order valence-corrected chi connectivity index (χ4v) is 6.67. The molecule has 5 rings (SSSR count). The zero-order valence-electron chi connectivity index (χ0n) is 21.3. The van der Waals surface area contributed by atoms with Crippen LogP contribution in [0.4, 0.5) is 0 Å². The number of amides is 1. The van der Waals surface area contributed by atoms with Crippen molar-refractivity contribution in [3.05, 3.63) is 64.2 Å². The van der Waals surface area contributed by atoms with Crippen LogP contribution in [0.25, 0.3) is 0 Å². The fourth-order valence-electron chi connectivity index (χ4n) is 6.67. The lowest BCUT2D eigenvalue weighted by Crippen LogP contribution is -2.46. The van der Waals surface area contributed by atoms with E-state index in [1.807, 2.05) is 11.0 Å². The van der Waals surface area contributed by atoms with E-state index in [2.05, 4.69) is 29.6 Å². The minimum Gasteiger partial charge on any atom is -0.423 e. The van der Waals surface area contributed by atoms with Crippen molar-refractivity contribution in [3.63, 3.8) is 0 Å². The van der Waals surface area contributed by atoms with Crippen LogP contribution in [-0.4, -0.2) is 47.1 Å². The third-order valence-electron chi connectivity index (χ3n) is 8.79. The quantitative estimate of drug-likeness (QED) is 0.383. The Labute approximate surface area is 215 Å². The molecular weight excluding hydrogens is 449 g/mol. The molecule has 2 aromatic rings. The molecule has 0 radical (unpaired) electrons. The molecule has 3 aliphatic rings. The van der Waals surface area contributed by atoms with E-state index in [0.29, 0.717) is 55.1 Å². The smallest absolute Gasteiger partial charge is 0.423 e. The molecule has 0 spiro atoms. The van der Waals surface area contributed by atoms with E-state index >= 15 is 0 Å². The Balaban J connectivity index is 1.31. The maximum atomic E-state index is 13.6. The van der Waals surface area contributed by atoms with Crippen LogP contribution in [0.1, 0.15) is 89.9 Å². The summed E-state index contributed by atoms with van der Waals surface area (Å²) in [7, 11) is -1.58. The van der Waals surface area contributed by atoms with Gasteiger partial charge >= 0.3 is 7.12 Å². The van der Waals surface area contributed by atoms with Crippen LogP contribution >= 0.6 is 0 Å². The van der Waals surface area contributed by atoms with Gasteiger partial charge in [0.15, 0.2) is 0 Å². The molecular formula is C29H40BN3O3. The number of likely N-dealkylation sites (tertiary alicyclic amines) is 1. The molecule has 2 aromatic carbocycles. The summed E-state index contributed by atoms with van der Waals surface area (Å²) in [5, 5.41) is 24.0. The molecule has 1 saturated carbocycles. The largest absolute Gasteiger partial charge is 0.488 e. The molecule has 1 unspecified atom stereocenters. The first-order chi connectivity index (χ1) is 17.5. The summed E-state index contributed by atoms with van der Waals surface area (Å²) in [5.74, 6) is 1.09. The molecule has 1 amide bonds. The predicted molar refractivity (Wildman–Crippen MR) is 144 cm³/mol. The van der Waals surface area contributed by atoms with Gasteiger partial charge in [-0.15, -0.1) is 0 Å². The third kappa shape index (κ3) is 5.54. The summed E-state index contributed by atoms with van der Waals surface area (Å²) in [6.45, 7) is 2.58. The molecule has 5 N–H and O–H groups in total. The van der Waals surface area contributed by atoms with Gasteiger partial charge in [0.2, 0.25) is 0 Å². The summed E-state index contributed by atoms with van der Waals surface area (Å²) >= 11 is 0. The van der Waals surface area contributed by atoms with Crippen LogP contribution < -0.4 is 16.5 Å². The second-order valence-corrected chi connectivity index (χ2v) is 11.0. The van der Waals surface area contributed by atoms with Crippen LogP contribution in [-0.2, 0) is 19.5 Å². The van der Waals surface area contributed by atoms with E-state index in [9.17, 15) is 14.8 Å². The lowest BCUT2D eigenvalue weighted by atomic mass is 9.72. The lowest BCUT2D eigenvalue weighted by Gasteiger charge is -2.35. The molecule has 1 atom stereocenters. The number of carbonyl (C=O) groups is 1. The maximum absolute atomic E-state index is 13.6. The molecule has 192 valence electrons. The number of piperidine rings is 1. The summed E-state index contributed by atoms with van der Waals surface area (Å²) in [5.41, 5.74) is 11.4. The number of rotatable bonds is 5. The van der Waals surface area contributed by atoms with Crippen molar-refractivity contribution < 1.29 is 14.8 Å². The zero-order valence-corrected chi connectivity index (χ0v) is 21.3. The molecule has 1 aliphatic carbocycles. The van der Waals surface area contributed by atoms with Gasteiger partial charge in [0.05, 0.1) is 0 Å². The fraction of sp³-hybridized carbons (Fsp3) is 0.552. The first-order valence-corrected chi connectivity index (χ1v) is 13.9. The van der Waals surface area contributed by atoms with Gasteiger partial charge < -0.3 is 26.0 Å². The van der Waals surface area contributed by atoms with E-state index in [1.54, 1.807) is 6.07 Å². The standard InChI is InChI=1S/C29H40BN3O3/c31-18-20-6-5-9-23(14-20)21-10-12-33(13-11-21)29(34)25-15-24-17-28(22-7-3-1-2-4-8-22)32-19-26(24)27(16-25)30(35)36/h5-6,9,14-16,21-22,28,32,35-36H,1-4,7-8,10-13,17-19,31H2. The number of nitrogens with one attached hydrogen (secondary N) is 1. The first kappa shape index (κ1) is 25.5. The van der Waals surface area contributed by atoms with Crippen molar-refractivity contribution in [3.8, 4) is 0 Å². The Bertz CT molecular complexity index is 1060. The van der Waals surface area contributed by atoms with Crippen molar-refractivity contribution in [2.45, 2.75) is 82.8 Å². The Morgan fingerprint density at radius 2 is 1.78 bits per heavy atom. The van der Waals surface area contributed by atoms with Gasteiger partial charge in [0.1, 0.15) is 0 Å². The lowest BCUT2D eigenvalue weighted by molar-refractivity contribution is 0.0713. The van der Waals surface area contributed by atoms with Crippen LogP contribution in [0.15, 0.2) is 36.4 Å². The van der Waals surface area contributed by atoms with Gasteiger partial charge in [-0.1, -0.05) is 49.9 Å². The summed E-state index contributed by atoms with van der Waals surface area (Å²) in [6, 6.07) is 12.6.